The van der Waals surface area contributed by atoms with Crippen LogP contribution in [0, 0.1) is 0 Å². The fraction of sp³-hybridized carbons (Fsp3) is 0.0435. The molecule has 0 spiro atoms. The molecule has 0 radical (unpaired) electrons. The van der Waals surface area contributed by atoms with Gasteiger partial charge in [-0.1, -0.05) is 78.0 Å². The molecule has 0 fully saturated rings. The third-order valence-electron chi connectivity index (χ3n) is 4.27. The molecule has 4 rings (SSSR count). The Balaban J connectivity index is 1.62. The van der Waals surface area contributed by atoms with Crippen LogP contribution in [0.5, 0.6) is 0 Å². The lowest BCUT2D eigenvalue weighted by atomic mass is 10.1. The monoisotopic (exact) mass is 371 g/mol. The number of rotatable bonds is 5. The first-order valence-electron chi connectivity index (χ1n) is 8.65. The lowest BCUT2D eigenvalue weighted by Crippen LogP contribution is -2.08. The summed E-state index contributed by atoms with van der Waals surface area (Å²) in [5.74, 6) is -0.450. The zero-order chi connectivity index (χ0) is 18.5. The molecule has 0 atom stereocenters. The van der Waals surface area contributed by atoms with Crippen LogP contribution in [0.4, 0.5) is 0 Å². The number of thiophene rings is 1. The number of fused-ring (bicyclic) bond motifs is 1. The Morgan fingerprint density at radius 2 is 1.63 bits per heavy atom. The molecule has 4 heteroatoms. The minimum absolute atomic E-state index is 0.450. The predicted molar refractivity (Wildman–Crippen MR) is 110 cm³/mol. The van der Waals surface area contributed by atoms with E-state index in [2.05, 4.69) is 5.16 Å². The molecule has 1 heterocycles. The van der Waals surface area contributed by atoms with E-state index in [-0.39, 0.29) is 0 Å². The van der Waals surface area contributed by atoms with Crippen LogP contribution in [0.25, 0.3) is 10.8 Å². The van der Waals surface area contributed by atoms with E-state index in [0.717, 1.165) is 26.9 Å². The molecule has 0 saturated carbocycles. The predicted octanol–water partition coefficient (Wildman–Crippen LogP) is 5.71. The van der Waals surface area contributed by atoms with Gasteiger partial charge in [-0.05, 0) is 33.8 Å². The van der Waals surface area contributed by atoms with Gasteiger partial charge in [0, 0.05) is 6.42 Å². The minimum atomic E-state index is -0.450. The van der Waals surface area contributed by atoms with Gasteiger partial charge in [0.1, 0.15) is 5.71 Å². The van der Waals surface area contributed by atoms with Gasteiger partial charge in [0.2, 0.25) is 0 Å². The lowest BCUT2D eigenvalue weighted by molar-refractivity contribution is 0.0518. The first kappa shape index (κ1) is 17.2. The van der Waals surface area contributed by atoms with Gasteiger partial charge >= 0.3 is 5.97 Å². The number of hydrogen-bond acceptors (Lipinski definition) is 4. The van der Waals surface area contributed by atoms with Crippen molar-refractivity contribution in [2.45, 2.75) is 6.42 Å². The molecule has 132 valence electrons. The fourth-order valence-corrected chi connectivity index (χ4v) is 3.65. The van der Waals surface area contributed by atoms with Gasteiger partial charge in [0.05, 0.1) is 10.4 Å². The number of benzene rings is 3. The first-order valence-corrected chi connectivity index (χ1v) is 9.53. The summed E-state index contributed by atoms with van der Waals surface area (Å²) in [5, 5.41) is 8.07. The molecule has 1 aromatic heterocycles. The fourth-order valence-electron chi connectivity index (χ4n) is 2.95. The molecule has 0 saturated heterocycles. The second-order valence-electron chi connectivity index (χ2n) is 6.08. The zero-order valence-corrected chi connectivity index (χ0v) is 15.4. The maximum atomic E-state index is 12.7. The molecule has 0 unspecified atom stereocenters. The molecular formula is C23H17NO2S. The van der Waals surface area contributed by atoms with Crippen LogP contribution >= 0.6 is 11.3 Å². The van der Waals surface area contributed by atoms with E-state index in [1.54, 1.807) is 17.4 Å². The van der Waals surface area contributed by atoms with Crippen LogP contribution in [0.3, 0.4) is 0 Å². The molecule has 0 aliphatic heterocycles. The van der Waals surface area contributed by atoms with E-state index in [1.165, 1.54) is 0 Å². The standard InChI is InChI=1S/C23H17NO2S/c25-23(20-13-6-11-18-10-4-5-12-19(18)20)26-24-21(22-14-7-15-27-22)16-17-8-2-1-3-9-17/h1-15H,16H2/b24-21+. The summed E-state index contributed by atoms with van der Waals surface area (Å²) >= 11 is 1.58. The summed E-state index contributed by atoms with van der Waals surface area (Å²) in [5.41, 5.74) is 2.37. The van der Waals surface area contributed by atoms with Crippen LogP contribution < -0.4 is 0 Å². The summed E-state index contributed by atoms with van der Waals surface area (Å²) in [6, 6.07) is 27.3. The van der Waals surface area contributed by atoms with Crippen LogP contribution in [-0.2, 0) is 11.3 Å². The lowest BCUT2D eigenvalue weighted by Gasteiger charge is -2.06. The number of nitrogens with zero attached hydrogens (tertiary/aromatic N) is 1. The van der Waals surface area contributed by atoms with Gasteiger partial charge < -0.3 is 4.84 Å². The summed E-state index contributed by atoms with van der Waals surface area (Å²) in [4.78, 5) is 19.0. The van der Waals surface area contributed by atoms with Crippen molar-refractivity contribution in [2.75, 3.05) is 0 Å². The molecular weight excluding hydrogens is 354 g/mol. The highest BCUT2D eigenvalue weighted by atomic mass is 32.1. The third-order valence-corrected chi connectivity index (χ3v) is 5.19. The summed E-state index contributed by atoms with van der Waals surface area (Å²) in [7, 11) is 0. The van der Waals surface area contributed by atoms with Crippen LogP contribution in [-0.4, -0.2) is 11.7 Å². The average molecular weight is 371 g/mol. The Kier molecular flexibility index (Phi) is 5.08. The van der Waals surface area contributed by atoms with E-state index in [1.807, 2.05) is 84.2 Å². The molecule has 0 aliphatic rings. The zero-order valence-electron chi connectivity index (χ0n) is 14.5. The van der Waals surface area contributed by atoms with Crippen molar-refractivity contribution in [3.63, 3.8) is 0 Å². The third kappa shape index (κ3) is 3.96. The van der Waals surface area contributed by atoms with Crippen LogP contribution in [0.1, 0.15) is 20.8 Å². The Morgan fingerprint density at radius 1 is 0.852 bits per heavy atom. The minimum Gasteiger partial charge on any atom is -0.312 e. The molecule has 3 aromatic carbocycles. The van der Waals surface area contributed by atoms with Crippen molar-refractivity contribution >= 4 is 33.8 Å². The molecule has 0 aliphatic carbocycles. The topological polar surface area (TPSA) is 38.7 Å². The van der Waals surface area contributed by atoms with E-state index in [0.29, 0.717) is 12.0 Å². The van der Waals surface area contributed by atoms with E-state index < -0.39 is 5.97 Å². The van der Waals surface area contributed by atoms with Crippen molar-refractivity contribution in [3.05, 3.63) is 106 Å². The maximum Gasteiger partial charge on any atom is 0.366 e. The normalized spacial score (nSPS) is 11.5. The first-order chi connectivity index (χ1) is 13.3. The second kappa shape index (κ2) is 7.98. The van der Waals surface area contributed by atoms with E-state index in [9.17, 15) is 4.79 Å². The largest absolute Gasteiger partial charge is 0.366 e. The Labute approximate surface area is 161 Å². The van der Waals surface area contributed by atoms with Gasteiger partial charge in [0.15, 0.2) is 0 Å². The highest BCUT2D eigenvalue weighted by Gasteiger charge is 2.13. The van der Waals surface area contributed by atoms with Gasteiger partial charge in [0.25, 0.3) is 0 Å². The second-order valence-corrected chi connectivity index (χ2v) is 7.03. The van der Waals surface area contributed by atoms with Crippen LogP contribution in [0.2, 0.25) is 0 Å². The van der Waals surface area contributed by atoms with Gasteiger partial charge in [-0.15, -0.1) is 11.3 Å². The molecule has 0 amide bonds. The molecule has 0 bridgehead atoms. The highest BCUT2D eigenvalue weighted by Crippen LogP contribution is 2.20. The van der Waals surface area contributed by atoms with Crippen molar-refractivity contribution < 1.29 is 9.63 Å². The maximum absolute atomic E-state index is 12.7. The number of carbonyl (C=O) groups excluding carboxylic acids is 1. The smallest absolute Gasteiger partial charge is 0.312 e. The van der Waals surface area contributed by atoms with E-state index in [4.69, 9.17) is 4.84 Å². The molecule has 27 heavy (non-hydrogen) atoms. The Hall–Kier alpha value is -3.24. The molecule has 4 aromatic rings. The number of hydrogen-bond donors (Lipinski definition) is 0. The van der Waals surface area contributed by atoms with Crippen LogP contribution in [0.15, 0.2) is 95.5 Å². The number of carbonyl (C=O) groups is 1. The molecule has 0 N–H and O–H groups in total. The van der Waals surface area contributed by atoms with Crippen molar-refractivity contribution in [3.8, 4) is 0 Å². The quantitative estimate of drug-likeness (QED) is 0.256. The highest BCUT2D eigenvalue weighted by molar-refractivity contribution is 7.12. The van der Waals surface area contributed by atoms with Gasteiger partial charge in [-0.25, -0.2) is 4.79 Å². The van der Waals surface area contributed by atoms with Crippen molar-refractivity contribution in [1.82, 2.24) is 0 Å². The van der Waals surface area contributed by atoms with Gasteiger partial charge in [-0.3, -0.25) is 0 Å². The summed E-state index contributed by atoms with van der Waals surface area (Å²) in [6.45, 7) is 0. The molecule has 3 nitrogen and oxygen atoms in total. The Bertz CT molecular complexity index is 1080. The average Bonchev–Trinajstić information content (AvgIpc) is 3.26. The summed E-state index contributed by atoms with van der Waals surface area (Å²) < 4.78 is 0. The van der Waals surface area contributed by atoms with Crippen molar-refractivity contribution in [2.24, 2.45) is 5.16 Å². The van der Waals surface area contributed by atoms with Gasteiger partial charge in [-0.2, -0.15) is 0 Å². The van der Waals surface area contributed by atoms with Crippen molar-refractivity contribution in [1.29, 1.82) is 0 Å². The Morgan fingerprint density at radius 3 is 2.44 bits per heavy atom. The summed E-state index contributed by atoms with van der Waals surface area (Å²) in [6.07, 6.45) is 0.601. The SMILES string of the molecule is O=C(O/N=C(\Cc1ccccc1)c1cccs1)c1cccc2ccccc12. The van der Waals surface area contributed by atoms with E-state index >= 15 is 0 Å². The number of oxime groups is 1.